The first-order valence-corrected chi connectivity index (χ1v) is 5.41. The third kappa shape index (κ3) is 1.50. The molecular weight excluding hydrogens is 206 g/mol. The Balaban J connectivity index is 2.51. The van der Waals surface area contributed by atoms with Crippen molar-refractivity contribution in [2.45, 2.75) is 31.2 Å². The molecule has 1 fully saturated rings. The number of nitro groups is 1. The maximum atomic E-state index is 11.9. The maximum Gasteiger partial charge on any atom is 0.304 e. The Kier molecular flexibility index (Phi) is 2.73. The molecule has 4 nitrogen and oxygen atoms in total. The van der Waals surface area contributed by atoms with E-state index in [0.29, 0.717) is 18.4 Å². The van der Waals surface area contributed by atoms with Crippen LogP contribution in [0.5, 0.6) is 0 Å². The van der Waals surface area contributed by atoms with Crippen LogP contribution in [0.1, 0.15) is 31.2 Å². The number of carbonyl (C=O) groups is 1. The molecule has 1 aromatic rings. The lowest BCUT2D eigenvalue weighted by molar-refractivity contribution is -0.563. The lowest BCUT2D eigenvalue weighted by Gasteiger charge is -2.27. The van der Waals surface area contributed by atoms with E-state index < -0.39 is 10.5 Å². The van der Waals surface area contributed by atoms with Gasteiger partial charge in [0.25, 0.3) is 0 Å². The van der Waals surface area contributed by atoms with Gasteiger partial charge in [-0.1, -0.05) is 30.3 Å². The van der Waals surface area contributed by atoms with Gasteiger partial charge in [0, 0.05) is 23.3 Å². The second-order valence-electron chi connectivity index (χ2n) is 4.11. The average molecular weight is 219 g/mol. The van der Waals surface area contributed by atoms with E-state index in [2.05, 4.69) is 0 Å². The van der Waals surface area contributed by atoms with Gasteiger partial charge in [-0.25, -0.2) is 0 Å². The summed E-state index contributed by atoms with van der Waals surface area (Å²) in [4.78, 5) is 22.8. The van der Waals surface area contributed by atoms with Gasteiger partial charge in [-0.3, -0.25) is 14.9 Å². The van der Waals surface area contributed by atoms with Crippen LogP contribution in [-0.4, -0.2) is 10.7 Å². The fraction of sp³-hybridized carbons (Fsp3) is 0.417. The number of benzene rings is 1. The Morgan fingerprint density at radius 2 is 1.88 bits per heavy atom. The molecule has 0 heterocycles. The summed E-state index contributed by atoms with van der Waals surface area (Å²) in [5, 5.41) is 11.3. The van der Waals surface area contributed by atoms with Gasteiger partial charge in [-0.2, -0.15) is 0 Å². The molecule has 0 unspecified atom stereocenters. The minimum atomic E-state index is -1.49. The van der Waals surface area contributed by atoms with Crippen LogP contribution in [0.4, 0.5) is 0 Å². The van der Waals surface area contributed by atoms with Crippen molar-refractivity contribution < 1.29 is 9.72 Å². The molecule has 0 radical (unpaired) electrons. The molecule has 84 valence electrons. The number of rotatable bonds is 2. The predicted molar refractivity (Wildman–Crippen MR) is 58.6 cm³/mol. The predicted octanol–water partition coefficient (Wildman–Crippen LogP) is 2.30. The smallest absolute Gasteiger partial charge is 0.291 e. The van der Waals surface area contributed by atoms with Crippen LogP contribution in [0.2, 0.25) is 0 Å². The molecule has 0 bridgehead atoms. The molecule has 1 aliphatic carbocycles. The zero-order chi connectivity index (χ0) is 11.6. The van der Waals surface area contributed by atoms with Gasteiger partial charge in [-0.15, -0.1) is 0 Å². The monoisotopic (exact) mass is 219 g/mol. The van der Waals surface area contributed by atoms with Crippen LogP contribution in [-0.2, 0) is 10.3 Å². The molecule has 2 rings (SSSR count). The van der Waals surface area contributed by atoms with Gasteiger partial charge >= 0.3 is 5.54 Å². The lowest BCUT2D eigenvalue weighted by atomic mass is 9.76. The first-order chi connectivity index (χ1) is 7.68. The minimum Gasteiger partial charge on any atom is -0.291 e. The van der Waals surface area contributed by atoms with Gasteiger partial charge in [0.1, 0.15) is 0 Å². The fourth-order valence-corrected chi connectivity index (χ4v) is 2.33. The zero-order valence-electron chi connectivity index (χ0n) is 8.89. The highest BCUT2D eigenvalue weighted by atomic mass is 16.6. The summed E-state index contributed by atoms with van der Waals surface area (Å²) in [5.74, 6) is -0.255. The first-order valence-electron chi connectivity index (χ1n) is 5.41. The van der Waals surface area contributed by atoms with E-state index >= 15 is 0 Å². The Bertz CT molecular complexity index is 416. The Hall–Kier alpha value is -1.71. The van der Waals surface area contributed by atoms with E-state index in [1.807, 2.05) is 0 Å². The number of ketones is 1. The standard InChI is InChI=1S/C12H13NO3/c14-11-8-4-5-9-12(11,13(15)16)10-6-2-1-3-7-10/h1-3,6-7H,4-5,8-9H2/t12-/m0/s1. The molecule has 0 N–H and O–H groups in total. The molecule has 1 saturated carbocycles. The van der Waals surface area contributed by atoms with Crippen molar-refractivity contribution >= 4 is 5.78 Å². The molecule has 0 aliphatic heterocycles. The Morgan fingerprint density at radius 3 is 2.44 bits per heavy atom. The summed E-state index contributed by atoms with van der Waals surface area (Å²) in [7, 11) is 0. The normalized spacial score (nSPS) is 25.4. The van der Waals surface area contributed by atoms with Crippen molar-refractivity contribution in [2.75, 3.05) is 0 Å². The molecule has 0 aromatic heterocycles. The summed E-state index contributed by atoms with van der Waals surface area (Å²) in [6.07, 6.45) is 2.14. The molecule has 0 amide bonds. The second kappa shape index (κ2) is 4.04. The highest BCUT2D eigenvalue weighted by Gasteiger charge is 2.52. The maximum absolute atomic E-state index is 11.9. The van der Waals surface area contributed by atoms with E-state index in [4.69, 9.17) is 0 Å². The molecule has 0 spiro atoms. The SMILES string of the molecule is O=C1CCCC[C@@]1(c1ccccc1)[N+](=O)[O-]. The third-order valence-electron chi connectivity index (χ3n) is 3.22. The van der Waals surface area contributed by atoms with E-state index in [9.17, 15) is 14.9 Å². The zero-order valence-corrected chi connectivity index (χ0v) is 8.89. The van der Waals surface area contributed by atoms with Crippen molar-refractivity contribution in [3.8, 4) is 0 Å². The second-order valence-corrected chi connectivity index (χ2v) is 4.11. The molecule has 0 saturated heterocycles. The van der Waals surface area contributed by atoms with Gasteiger partial charge < -0.3 is 0 Å². The van der Waals surface area contributed by atoms with Crippen molar-refractivity contribution in [1.82, 2.24) is 0 Å². The third-order valence-corrected chi connectivity index (χ3v) is 3.22. The van der Waals surface area contributed by atoms with Crippen molar-refractivity contribution in [3.63, 3.8) is 0 Å². The van der Waals surface area contributed by atoms with E-state index in [1.54, 1.807) is 30.3 Å². The van der Waals surface area contributed by atoms with Crippen molar-refractivity contribution in [3.05, 3.63) is 46.0 Å². The quantitative estimate of drug-likeness (QED) is 0.566. The number of nitrogens with zero attached hydrogens (tertiary/aromatic N) is 1. The summed E-state index contributed by atoms with van der Waals surface area (Å²) in [6.45, 7) is 0. The summed E-state index contributed by atoms with van der Waals surface area (Å²) in [6, 6.07) is 8.62. The number of carbonyl (C=O) groups excluding carboxylic acids is 1. The molecule has 16 heavy (non-hydrogen) atoms. The van der Waals surface area contributed by atoms with Crippen LogP contribution < -0.4 is 0 Å². The summed E-state index contributed by atoms with van der Waals surface area (Å²) in [5.41, 5.74) is -0.968. The van der Waals surface area contributed by atoms with E-state index in [0.717, 1.165) is 12.8 Å². The molecule has 1 aromatic carbocycles. The summed E-state index contributed by atoms with van der Waals surface area (Å²) >= 11 is 0. The molecular formula is C12H13NO3. The largest absolute Gasteiger partial charge is 0.304 e. The number of hydrogen-bond acceptors (Lipinski definition) is 3. The van der Waals surface area contributed by atoms with Crippen molar-refractivity contribution in [1.29, 1.82) is 0 Å². The van der Waals surface area contributed by atoms with Crippen molar-refractivity contribution in [2.24, 2.45) is 0 Å². The van der Waals surface area contributed by atoms with Gasteiger partial charge in [0.05, 0.1) is 0 Å². The Morgan fingerprint density at radius 1 is 1.19 bits per heavy atom. The fourth-order valence-electron chi connectivity index (χ4n) is 2.33. The number of Topliss-reactive ketones (excluding diaryl/α,β-unsaturated/α-hetero) is 1. The molecule has 1 atom stereocenters. The van der Waals surface area contributed by atoms with Crippen LogP contribution in [0.3, 0.4) is 0 Å². The van der Waals surface area contributed by atoms with Crippen LogP contribution in [0, 0.1) is 10.1 Å². The van der Waals surface area contributed by atoms with Crippen LogP contribution in [0.15, 0.2) is 30.3 Å². The number of hydrogen-bond donors (Lipinski definition) is 0. The Labute approximate surface area is 93.4 Å². The highest BCUT2D eigenvalue weighted by Crippen LogP contribution is 2.37. The van der Waals surface area contributed by atoms with Gasteiger partial charge in [0.15, 0.2) is 0 Å². The molecule has 4 heteroatoms. The van der Waals surface area contributed by atoms with Crippen LogP contribution >= 0.6 is 0 Å². The minimum absolute atomic E-state index is 0.255. The van der Waals surface area contributed by atoms with Crippen LogP contribution in [0.25, 0.3) is 0 Å². The highest BCUT2D eigenvalue weighted by molar-refractivity contribution is 5.88. The lowest BCUT2D eigenvalue weighted by Crippen LogP contribution is -2.45. The average Bonchev–Trinajstić information content (AvgIpc) is 2.30. The first kappa shape index (κ1) is 10.8. The summed E-state index contributed by atoms with van der Waals surface area (Å²) < 4.78 is 0. The topological polar surface area (TPSA) is 60.2 Å². The molecule has 1 aliphatic rings. The van der Waals surface area contributed by atoms with E-state index in [-0.39, 0.29) is 5.78 Å². The van der Waals surface area contributed by atoms with Gasteiger partial charge in [0.2, 0.25) is 5.78 Å². The van der Waals surface area contributed by atoms with Gasteiger partial charge in [-0.05, 0) is 12.8 Å². The van der Waals surface area contributed by atoms with E-state index in [1.165, 1.54) is 0 Å².